The number of para-hydroxylation sites is 4. The first-order chi connectivity index (χ1) is 36.1. The van der Waals surface area contributed by atoms with E-state index in [0.29, 0.717) is 0 Å². The quantitative estimate of drug-likeness (QED) is 0.115. The maximum atomic E-state index is 2.42. The zero-order valence-corrected chi connectivity index (χ0v) is 41.1. The average Bonchev–Trinajstić information content (AvgIpc) is 4.08. The van der Waals surface area contributed by atoms with Crippen LogP contribution in [-0.2, 0) is 13.1 Å². The van der Waals surface area contributed by atoms with Crippen LogP contribution >= 0.6 is 0 Å². The molecule has 3 nitrogen and oxygen atoms in total. The van der Waals surface area contributed by atoms with E-state index in [2.05, 4.69) is 289 Å². The van der Waals surface area contributed by atoms with E-state index in [1.807, 2.05) is 0 Å². The van der Waals surface area contributed by atoms with Crippen LogP contribution in [0.2, 0.25) is 0 Å². The summed E-state index contributed by atoms with van der Waals surface area (Å²) in [6.45, 7) is 6.31. The Bertz CT molecular complexity index is 4050. The lowest BCUT2D eigenvalue weighted by Gasteiger charge is -2.12. The van der Waals surface area contributed by atoms with Gasteiger partial charge in [-0.3, -0.25) is 0 Å². The van der Waals surface area contributed by atoms with E-state index in [4.69, 9.17) is 0 Å². The lowest BCUT2D eigenvalue weighted by molar-refractivity contribution is 0.827. The molecule has 0 saturated carbocycles. The number of benzene rings is 10. The maximum absolute atomic E-state index is 2.42. The van der Waals surface area contributed by atoms with Gasteiger partial charge < -0.3 is 13.7 Å². The standard InChI is InChI=1S/C70H53N3/c1-3-71-65-17-9-5-15-61(65)63-39-31-51(43-69(63)71)23-21-48-25-33-53(34-26-48)56-45-57(54-35-27-49(28-36-54)22-24-52-32-40-64-62-16-6-10-18-66(62)72(4-2)70(64)44-52)47-58(46-56)55-37-29-50(30-38-55)41-42-73-67-19-11-7-13-59(67)60-14-8-12-20-68(60)73/h5-47H,3-4H2,1-2H3/b23-21-,24-22+,42-41+. The summed E-state index contributed by atoms with van der Waals surface area (Å²) in [4.78, 5) is 0. The van der Waals surface area contributed by atoms with Gasteiger partial charge in [-0.1, -0.05) is 194 Å². The molecule has 0 aliphatic heterocycles. The molecule has 0 aliphatic carbocycles. The predicted molar refractivity (Wildman–Crippen MR) is 316 cm³/mol. The van der Waals surface area contributed by atoms with Crippen molar-refractivity contribution in [1.29, 1.82) is 0 Å². The molecule has 0 amide bonds. The lowest BCUT2D eigenvalue weighted by Crippen LogP contribution is -1.92. The molecule has 0 spiro atoms. The molecule has 0 N–H and O–H groups in total. The van der Waals surface area contributed by atoms with Crippen molar-refractivity contribution in [2.45, 2.75) is 26.9 Å². The number of hydrogen-bond acceptors (Lipinski definition) is 0. The Morgan fingerprint density at radius 2 is 0.562 bits per heavy atom. The van der Waals surface area contributed by atoms with Gasteiger partial charge in [0.05, 0.1) is 11.0 Å². The summed E-state index contributed by atoms with van der Waals surface area (Å²) in [6.07, 6.45) is 13.3. The van der Waals surface area contributed by atoms with Crippen molar-refractivity contribution in [3.63, 3.8) is 0 Å². The van der Waals surface area contributed by atoms with E-state index in [1.165, 1.54) is 110 Å². The number of hydrogen-bond donors (Lipinski definition) is 0. The molecule has 0 fully saturated rings. The van der Waals surface area contributed by atoms with E-state index in [0.717, 1.165) is 29.8 Å². The normalized spacial score (nSPS) is 12.2. The first-order valence-corrected chi connectivity index (χ1v) is 25.6. The number of aryl methyl sites for hydroxylation is 2. The molecule has 348 valence electrons. The van der Waals surface area contributed by atoms with Crippen LogP contribution in [0.5, 0.6) is 0 Å². The molecule has 3 aromatic heterocycles. The molecule has 10 aromatic carbocycles. The van der Waals surface area contributed by atoms with Gasteiger partial charge in [-0.05, 0) is 136 Å². The Labute approximate surface area is 426 Å². The highest BCUT2D eigenvalue weighted by Crippen LogP contribution is 2.36. The highest BCUT2D eigenvalue weighted by molar-refractivity contribution is 6.11. The van der Waals surface area contributed by atoms with Crippen molar-refractivity contribution in [3.05, 3.63) is 252 Å². The second-order valence-electron chi connectivity index (χ2n) is 19.1. The molecule has 0 atom stereocenters. The summed E-state index contributed by atoms with van der Waals surface area (Å²) >= 11 is 0. The van der Waals surface area contributed by atoms with Crippen LogP contribution in [0.3, 0.4) is 0 Å². The first-order valence-electron chi connectivity index (χ1n) is 25.6. The van der Waals surface area contributed by atoms with Gasteiger partial charge in [0.25, 0.3) is 0 Å². The molecule has 13 aromatic rings. The van der Waals surface area contributed by atoms with E-state index in [1.54, 1.807) is 0 Å². The van der Waals surface area contributed by atoms with Crippen LogP contribution in [0.4, 0.5) is 0 Å². The van der Waals surface area contributed by atoms with Crippen molar-refractivity contribution in [2.75, 3.05) is 0 Å². The van der Waals surface area contributed by atoms with Gasteiger partial charge in [-0.2, -0.15) is 0 Å². The lowest BCUT2D eigenvalue weighted by atomic mass is 9.92. The molecule has 3 heterocycles. The van der Waals surface area contributed by atoms with Crippen LogP contribution < -0.4 is 0 Å². The third kappa shape index (κ3) is 8.06. The Balaban J connectivity index is 0.810. The molecular weight excluding hydrogens is 883 g/mol. The molecule has 0 radical (unpaired) electrons. The van der Waals surface area contributed by atoms with E-state index >= 15 is 0 Å². The van der Waals surface area contributed by atoms with Gasteiger partial charge in [-0.25, -0.2) is 0 Å². The predicted octanol–water partition coefficient (Wildman–Crippen LogP) is 19.0. The SMILES string of the molecule is CCn1c2ccccc2c2ccc(/C=C\c3ccc(-c4cc(-c5ccc(/C=C/c6ccc7c8ccccc8n(CC)c7c6)cc5)cc(-c5ccc(/C=C/n6c7ccccc7c7ccccc76)cc5)c4)cc3)cc21. The number of fused-ring (bicyclic) bond motifs is 9. The zero-order chi connectivity index (χ0) is 48.8. The van der Waals surface area contributed by atoms with Crippen molar-refractivity contribution in [3.8, 4) is 33.4 Å². The van der Waals surface area contributed by atoms with Crippen molar-refractivity contribution in [1.82, 2.24) is 13.7 Å². The number of aromatic nitrogens is 3. The topological polar surface area (TPSA) is 14.8 Å². The Morgan fingerprint density at radius 3 is 0.945 bits per heavy atom. The fraction of sp³-hybridized carbons (Fsp3) is 0.0571. The largest absolute Gasteiger partial charge is 0.341 e. The minimum Gasteiger partial charge on any atom is -0.341 e. The average molecular weight is 936 g/mol. The monoisotopic (exact) mass is 935 g/mol. The van der Waals surface area contributed by atoms with Crippen LogP contribution in [-0.4, -0.2) is 13.7 Å². The van der Waals surface area contributed by atoms with Crippen molar-refractivity contribution < 1.29 is 0 Å². The Morgan fingerprint density at radius 1 is 0.260 bits per heavy atom. The van der Waals surface area contributed by atoms with Crippen molar-refractivity contribution in [2.24, 2.45) is 0 Å². The van der Waals surface area contributed by atoms with Gasteiger partial charge in [0, 0.05) is 73.7 Å². The smallest absolute Gasteiger partial charge is 0.0534 e. The molecule has 13 rings (SSSR count). The second kappa shape index (κ2) is 18.5. The van der Waals surface area contributed by atoms with Crippen LogP contribution in [0.1, 0.15) is 41.7 Å². The molecule has 0 aliphatic rings. The molecule has 73 heavy (non-hydrogen) atoms. The number of nitrogens with zero attached hydrogens (tertiary/aromatic N) is 3. The second-order valence-corrected chi connectivity index (χ2v) is 19.1. The molecule has 0 unspecified atom stereocenters. The van der Waals surface area contributed by atoms with Gasteiger partial charge in [-0.15, -0.1) is 0 Å². The fourth-order valence-electron chi connectivity index (χ4n) is 11.2. The van der Waals surface area contributed by atoms with Crippen LogP contribution in [0.25, 0.3) is 135 Å². The van der Waals surface area contributed by atoms with Gasteiger partial charge >= 0.3 is 0 Å². The van der Waals surface area contributed by atoms with Crippen LogP contribution in [0, 0.1) is 0 Å². The highest BCUT2D eigenvalue weighted by atomic mass is 15.0. The summed E-state index contributed by atoms with van der Waals surface area (Å²) in [6, 6.07) is 82.3. The van der Waals surface area contributed by atoms with E-state index < -0.39 is 0 Å². The Hall–Kier alpha value is -9.18. The number of rotatable bonds is 11. The molecule has 0 bridgehead atoms. The van der Waals surface area contributed by atoms with Gasteiger partial charge in [0.1, 0.15) is 0 Å². The summed E-state index contributed by atoms with van der Waals surface area (Å²) in [7, 11) is 0. The Kier molecular flexibility index (Phi) is 11.1. The third-order valence-electron chi connectivity index (χ3n) is 14.9. The zero-order valence-electron chi connectivity index (χ0n) is 41.1. The highest BCUT2D eigenvalue weighted by Gasteiger charge is 2.13. The minimum atomic E-state index is 0.933. The summed E-state index contributed by atoms with van der Waals surface area (Å²) in [5.41, 5.74) is 20.5. The molecular formula is C70H53N3. The maximum Gasteiger partial charge on any atom is 0.0534 e. The van der Waals surface area contributed by atoms with E-state index in [9.17, 15) is 0 Å². The first kappa shape index (κ1) is 43.8. The van der Waals surface area contributed by atoms with Gasteiger partial charge in [0.15, 0.2) is 0 Å². The van der Waals surface area contributed by atoms with Crippen LogP contribution in [0.15, 0.2) is 224 Å². The molecule has 3 heteroatoms. The fourth-order valence-corrected chi connectivity index (χ4v) is 11.2. The van der Waals surface area contributed by atoms with E-state index in [-0.39, 0.29) is 0 Å². The minimum absolute atomic E-state index is 0.933. The third-order valence-corrected chi connectivity index (χ3v) is 14.9. The van der Waals surface area contributed by atoms with Crippen molar-refractivity contribution >= 4 is 102 Å². The summed E-state index contributed by atoms with van der Waals surface area (Å²) in [5.74, 6) is 0. The van der Waals surface area contributed by atoms with Gasteiger partial charge in [0.2, 0.25) is 0 Å². The summed E-state index contributed by atoms with van der Waals surface area (Å²) in [5, 5.41) is 7.76. The molecule has 0 saturated heterocycles. The summed E-state index contributed by atoms with van der Waals surface area (Å²) < 4.78 is 7.13.